The van der Waals surface area contributed by atoms with Crippen LogP contribution in [0.15, 0.2) is 24.3 Å². The molecule has 0 aliphatic carbocycles. The average molecular weight is 386 g/mol. The molecular weight excluding hydrogens is 356 g/mol. The Morgan fingerprint density at radius 1 is 1.25 bits per heavy atom. The minimum Gasteiger partial charge on any atom is -0.368 e. The van der Waals surface area contributed by atoms with Gasteiger partial charge in [-0.25, -0.2) is 0 Å². The summed E-state index contributed by atoms with van der Waals surface area (Å²) in [7, 11) is 0. The van der Waals surface area contributed by atoms with E-state index < -0.39 is 12.0 Å². The number of hydrogen-bond acceptors (Lipinski definition) is 4. The molecule has 2 aliphatic heterocycles. The van der Waals surface area contributed by atoms with Crippen LogP contribution in [0.5, 0.6) is 0 Å². The third-order valence-corrected chi connectivity index (χ3v) is 5.63. The number of nitrogens with one attached hydrogen (secondary N) is 1. The van der Waals surface area contributed by atoms with Crippen LogP contribution in [0.3, 0.4) is 0 Å². The number of carbonyl (C=O) groups excluding carboxylic acids is 3. The van der Waals surface area contributed by atoms with E-state index in [0.29, 0.717) is 19.5 Å². The number of fused-ring (bicyclic) bond motifs is 1. The van der Waals surface area contributed by atoms with Crippen molar-refractivity contribution in [2.24, 2.45) is 11.8 Å². The molecule has 3 rings (SSSR count). The molecule has 0 aromatic heterocycles. The molecule has 28 heavy (non-hydrogen) atoms. The first-order chi connectivity index (χ1) is 13.3. The topological polar surface area (TPSA) is 75.7 Å². The van der Waals surface area contributed by atoms with Crippen molar-refractivity contribution in [3.8, 4) is 0 Å². The van der Waals surface area contributed by atoms with E-state index >= 15 is 0 Å². The lowest BCUT2D eigenvalue weighted by molar-refractivity contribution is -0.138. The molecule has 2 heterocycles. The molecule has 0 radical (unpaired) electrons. The lowest BCUT2D eigenvalue weighted by atomic mass is 9.91. The van der Waals surface area contributed by atoms with Gasteiger partial charge in [-0.1, -0.05) is 38.1 Å². The molecule has 1 N–H and O–H groups in total. The highest BCUT2D eigenvalue weighted by atomic mass is 16.5. The maximum atomic E-state index is 12.9. The van der Waals surface area contributed by atoms with Gasteiger partial charge in [0.05, 0.1) is 6.10 Å². The zero-order chi connectivity index (χ0) is 20.3. The lowest BCUT2D eigenvalue weighted by Crippen LogP contribution is -2.47. The van der Waals surface area contributed by atoms with E-state index in [1.807, 2.05) is 30.9 Å². The number of hydrogen-bond donors (Lipinski definition) is 1. The van der Waals surface area contributed by atoms with Crippen LogP contribution in [0.2, 0.25) is 0 Å². The van der Waals surface area contributed by atoms with Gasteiger partial charge in [-0.2, -0.15) is 0 Å². The molecule has 2 amide bonds. The molecule has 1 aromatic carbocycles. The normalized spacial score (nSPS) is 22.9. The Morgan fingerprint density at radius 3 is 2.61 bits per heavy atom. The Labute approximate surface area is 166 Å². The summed E-state index contributed by atoms with van der Waals surface area (Å²) in [6.45, 7) is 7.16. The van der Waals surface area contributed by atoms with Crippen LogP contribution in [0, 0.1) is 11.8 Å². The van der Waals surface area contributed by atoms with Crippen LogP contribution < -0.4 is 5.32 Å². The van der Waals surface area contributed by atoms with Gasteiger partial charge in [-0.05, 0) is 36.8 Å². The molecule has 0 unspecified atom stereocenters. The van der Waals surface area contributed by atoms with E-state index in [0.717, 1.165) is 6.42 Å². The van der Waals surface area contributed by atoms with Crippen LogP contribution in [0.25, 0.3) is 0 Å². The molecule has 0 bridgehead atoms. The molecule has 152 valence electrons. The van der Waals surface area contributed by atoms with E-state index in [2.05, 4.69) is 17.4 Å². The van der Waals surface area contributed by atoms with E-state index in [1.54, 1.807) is 6.92 Å². The van der Waals surface area contributed by atoms with Gasteiger partial charge in [0.2, 0.25) is 11.8 Å². The smallest absolute Gasteiger partial charge is 0.224 e. The van der Waals surface area contributed by atoms with Crippen LogP contribution in [0.1, 0.15) is 44.7 Å². The Bertz CT molecular complexity index is 746. The van der Waals surface area contributed by atoms with Crippen molar-refractivity contribution in [2.45, 2.75) is 58.7 Å². The first kappa shape index (κ1) is 20.5. The van der Waals surface area contributed by atoms with Crippen molar-refractivity contribution in [3.63, 3.8) is 0 Å². The first-order valence-corrected chi connectivity index (χ1v) is 10.1. The summed E-state index contributed by atoms with van der Waals surface area (Å²) in [5, 5.41) is 2.82. The highest BCUT2D eigenvalue weighted by molar-refractivity contribution is 5.93. The van der Waals surface area contributed by atoms with E-state index in [4.69, 9.17) is 4.74 Å². The van der Waals surface area contributed by atoms with Crippen LogP contribution in [0.4, 0.5) is 0 Å². The number of ketones is 1. The van der Waals surface area contributed by atoms with Crippen molar-refractivity contribution in [3.05, 3.63) is 35.4 Å². The summed E-state index contributed by atoms with van der Waals surface area (Å²) in [5.41, 5.74) is 2.46. The second-order valence-electron chi connectivity index (χ2n) is 8.33. The second-order valence-corrected chi connectivity index (χ2v) is 8.33. The molecule has 2 aliphatic rings. The van der Waals surface area contributed by atoms with Gasteiger partial charge in [0.15, 0.2) is 5.78 Å². The SMILES string of the molecule is CC(C)C[C@H](CC(=O)N1CCc2ccccc2C1)C(=O)N[C@H]1C(=O)CO[C@@H]1C. The van der Waals surface area contributed by atoms with E-state index in [9.17, 15) is 14.4 Å². The van der Waals surface area contributed by atoms with Crippen molar-refractivity contribution >= 4 is 17.6 Å². The van der Waals surface area contributed by atoms with Crippen molar-refractivity contribution in [1.82, 2.24) is 10.2 Å². The number of carbonyl (C=O) groups is 3. The lowest BCUT2D eigenvalue weighted by Gasteiger charge is -2.30. The number of ether oxygens (including phenoxy) is 1. The van der Waals surface area contributed by atoms with Crippen LogP contribution in [-0.2, 0) is 32.1 Å². The summed E-state index contributed by atoms with van der Waals surface area (Å²) < 4.78 is 5.31. The summed E-state index contributed by atoms with van der Waals surface area (Å²) in [6, 6.07) is 7.56. The fraction of sp³-hybridized carbons (Fsp3) is 0.591. The highest BCUT2D eigenvalue weighted by Crippen LogP contribution is 2.23. The Morgan fingerprint density at radius 2 is 1.96 bits per heavy atom. The maximum Gasteiger partial charge on any atom is 0.224 e. The third kappa shape index (κ3) is 4.79. The zero-order valence-corrected chi connectivity index (χ0v) is 16.9. The predicted octanol–water partition coefficient (Wildman–Crippen LogP) is 2.10. The third-order valence-electron chi connectivity index (χ3n) is 5.63. The summed E-state index contributed by atoms with van der Waals surface area (Å²) in [5.74, 6) is -0.500. The minimum absolute atomic E-state index is 0.00245. The highest BCUT2D eigenvalue weighted by Gasteiger charge is 2.36. The number of nitrogens with zero attached hydrogens (tertiary/aromatic N) is 1. The standard InChI is InChI=1S/C22H30N2O4/c1-14(2)10-18(22(27)23-21-15(3)28-13-19(21)25)11-20(26)24-9-8-16-6-4-5-7-17(16)12-24/h4-7,14-15,18,21H,8-13H2,1-3H3,(H,23,27)/t15-,18-,21-/m1/s1. The van der Waals surface area contributed by atoms with Crippen molar-refractivity contribution in [1.29, 1.82) is 0 Å². The summed E-state index contributed by atoms with van der Waals surface area (Å²) in [4.78, 5) is 39.6. The van der Waals surface area contributed by atoms with Crippen LogP contribution in [-0.4, -0.2) is 47.8 Å². The molecule has 1 saturated heterocycles. The van der Waals surface area contributed by atoms with Gasteiger partial charge in [0.25, 0.3) is 0 Å². The molecule has 1 aromatic rings. The van der Waals surface area contributed by atoms with Gasteiger partial charge in [0, 0.05) is 25.4 Å². The molecule has 0 saturated carbocycles. The largest absolute Gasteiger partial charge is 0.368 e. The van der Waals surface area contributed by atoms with Gasteiger partial charge in [0.1, 0.15) is 12.6 Å². The van der Waals surface area contributed by atoms with Gasteiger partial charge >= 0.3 is 0 Å². The number of benzene rings is 1. The number of amides is 2. The zero-order valence-electron chi connectivity index (χ0n) is 16.9. The average Bonchev–Trinajstić information content (AvgIpc) is 2.98. The molecule has 6 heteroatoms. The Kier molecular flexibility index (Phi) is 6.50. The molecular formula is C22H30N2O4. The number of Topliss-reactive ketones (excluding diaryl/α,β-unsaturated/α-hetero) is 1. The monoisotopic (exact) mass is 386 g/mol. The maximum absolute atomic E-state index is 12.9. The summed E-state index contributed by atoms with van der Waals surface area (Å²) >= 11 is 0. The van der Waals surface area contributed by atoms with E-state index in [1.165, 1.54) is 11.1 Å². The summed E-state index contributed by atoms with van der Waals surface area (Å²) in [6.07, 6.45) is 1.29. The van der Waals surface area contributed by atoms with Crippen molar-refractivity contribution < 1.29 is 19.1 Å². The first-order valence-electron chi connectivity index (χ1n) is 10.1. The Hall–Kier alpha value is -2.21. The Balaban J connectivity index is 1.64. The predicted molar refractivity (Wildman–Crippen MR) is 105 cm³/mol. The van der Waals surface area contributed by atoms with Gasteiger partial charge in [-0.3, -0.25) is 14.4 Å². The van der Waals surface area contributed by atoms with Gasteiger partial charge < -0.3 is 15.0 Å². The number of rotatable bonds is 6. The fourth-order valence-electron chi connectivity index (χ4n) is 4.03. The van der Waals surface area contributed by atoms with Crippen molar-refractivity contribution in [2.75, 3.05) is 13.2 Å². The van der Waals surface area contributed by atoms with Gasteiger partial charge in [-0.15, -0.1) is 0 Å². The molecule has 3 atom stereocenters. The fourth-order valence-corrected chi connectivity index (χ4v) is 4.03. The molecule has 0 spiro atoms. The second kappa shape index (κ2) is 8.86. The van der Waals surface area contributed by atoms with E-state index in [-0.39, 0.29) is 42.6 Å². The molecule has 1 fully saturated rings. The quantitative estimate of drug-likeness (QED) is 0.812. The van der Waals surface area contributed by atoms with Crippen LogP contribution >= 0.6 is 0 Å². The molecule has 6 nitrogen and oxygen atoms in total. The minimum atomic E-state index is -0.612.